The largest absolute Gasteiger partial charge is 0.336 e. The Balaban J connectivity index is 1.93. The Labute approximate surface area is 129 Å². The molecule has 0 fully saturated rings. The van der Waals surface area contributed by atoms with E-state index in [0.717, 1.165) is 22.0 Å². The number of hydrogen-bond acceptors (Lipinski definition) is 3. The number of aromatic nitrogens is 1. The van der Waals surface area contributed by atoms with Crippen molar-refractivity contribution in [1.82, 2.24) is 10.3 Å². The van der Waals surface area contributed by atoms with Gasteiger partial charge in [-0.1, -0.05) is 18.2 Å². The minimum absolute atomic E-state index is 0.118. The van der Waals surface area contributed by atoms with Crippen LogP contribution in [0.3, 0.4) is 0 Å². The highest BCUT2D eigenvalue weighted by molar-refractivity contribution is 7.98. The molecule has 0 saturated carbocycles. The predicted octanol–water partition coefficient (Wildman–Crippen LogP) is 3.90. The van der Waals surface area contributed by atoms with Crippen molar-refractivity contribution in [3.8, 4) is 0 Å². The third-order valence-corrected chi connectivity index (χ3v) is 3.64. The van der Waals surface area contributed by atoms with Crippen molar-refractivity contribution in [1.29, 1.82) is 0 Å². The molecule has 0 spiro atoms. The Hall–Kier alpha value is -2.01. The summed E-state index contributed by atoms with van der Waals surface area (Å²) in [6.07, 6.45) is 1.79. The van der Waals surface area contributed by atoms with Crippen LogP contribution < -0.4 is 10.6 Å². The van der Waals surface area contributed by atoms with Gasteiger partial charge < -0.3 is 10.6 Å². The van der Waals surface area contributed by atoms with Crippen molar-refractivity contribution >= 4 is 23.5 Å². The smallest absolute Gasteiger partial charge is 0.319 e. The van der Waals surface area contributed by atoms with Gasteiger partial charge in [-0.3, -0.25) is 0 Å². The highest BCUT2D eigenvalue weighted by atomic mass is 32.2. The highest BCUT2D eigenvalue weighted by Gasteiger charge is 2.04. The van der Waals surface area contributed by atoms with Crippen LogP contribution in [0.1, 0.15) is 19.4 Å². The molecule has 21 heavy (non-hydrogen) atoms. The van der Waals surface area contributed by atoms with Gasteiger partial charge in [0.1, 0.15) is 0 Å². The molecule has 2 aromatic rings. The first kappa shape index (κ1) is 15.4. The van der Waals surface area contributed by atoms with Crippen LogP contribution in [0.4, 0.5) is 10.5 Å². The Bertz CT molecular complexity index is 587. The normalized spacial score (nSPS) is 10.4. The molecule has 0 aliphatic heterocycles. The lowest BCUT2D eigenvalue weighted by molar-refractivity contribution is 0.250. The van der Waals surface area contributed by atoms with Gasteiger partial charge in [-0.05, 0) is 43.7 Å². The van der Waals surface area contributed by atoms with Crippen molar-refractivity contribution < 1.29 is 4.79 Å². The van der Waals surface area contributed by atoms with Crippen molar-refractivity contribution in [3.05, 3.63) is 54.2 Å². The maximum Gasteiger partial charge on any atom is 0.319 e. The van der Waals surface area contributed by atoms with Crippen molar-refractivity contribution in [2.75, 3.05) is 5.32 Å². The van der Waals surface area contributed by atoms with E-state index in [9.17, 15) is 4.79 Å². The molecule has 0 radical (unpaired) electrons. The van der Waals surface area contributed by atoms with E-state index < -0.39 is 0 Å². The zero-order chi connectivity index (χ0) is 15.1. The summed E-state index contributed by atoms with van der Waals surface area (Å²) in [6, 6.07) is 13.7. The quantitative estimate of drug-likeness (QED) is 0.823. The summed E-state index contributed by atoms with van der Waals surface area (Å²) < 4.78 is 0. The molecule has 0 bridgehead atoms. The Morgan fingerprint density at radius 2 is 2.10 bits per heavy atom. The molecule has 2 rings (SSSR count). The monoisotopic (exact) mass is 301 g/mol. The number of thioether (sulfide) groups is 1. The topological polar surface area (TPSA) is 54.0 Å². The van der Waals surface area contributed by atoms with E-state index in [1.165, 1.54) is 0 Å². The molecule has 2 N–H and O–H groups in total. The van der Waals surface area contributed by atoms with E-state index in [4.69, 9.17) is 0 Å². The van der Waals surface area contributed by atoms with Gasteiger partial charge in [-0.15, -0.1) is 11.8 Å². The molecule has 1 aromatic heterocycles. The molecule has 0 aliphatic carbocycles. The molecule has 2 amide bonds. The predicted molar refractivity (Wildman–Crippen MR) is 87.5 cm³/mol. The molecule has 1 heterocycles. The van der Waals surface area contributed by atoms with Crippen LogP contribution in [0.15, 0.2) is 53.7 Å². The minimum Gasteiger partial charge on any atom is -0.336 e. The van der Waals surface area contributed by atoms with Gasteiger partial charge in [0.2, 0.25) is 0 Å². The fraction of sp³-hybridized carbons (Fsp3) is 0.250. The Morgan fingerprint density at radius 1 is 1.24 bits per heavy atom. The first-order chi connectivity index (χ1) is 10.1. The second-order valence-electron chi connectivity index (χ2n) is 4.91. The molecule has 0 aliphatic rings. The SMILES string of the molecule is CC(C)NC(=O)Nc1cccc(CSc2ccccn2)c1. The third-order valence-electron chi connectivity index (χ3n) is 2.63. The second kappa shape index (κ2) is 7.69. The van der Waals surface area contributed by atoms with Gasteiger partial charge in [-0.2, -0.15) is 0 Å². The van der Waals surface area contributed by atoms with E-state index in [2.05, 4.69) is 15.6 Å². The number of nitrogens with one attached hydrogen (secondary N) is 2. The molecular formula is C16H19N3OS. The van der Waals surface area contributed by atoms with Gasteiger partial charge in [0, 0.05) is 23.7 Å². The zero-order valence-electron chi connectivity index (χ0n) is 12.2. The number of nitrogens with zero attached hydrogens (tertiary/aromatic N) is 1. The second-order valence-corrected chi connectivity index (χ2v) is 5.91. The summed E-state index contributed by atoms with van der Waals surface area (Å²) in [7, 11) is 0. The molecule has 0 saturated heterocycles. The highest BCUT2D eigenvalue weighted by Crippen LogP contribution is 2.21. The van der Waals surface area contributed by atoms with Crippen LogP contribution in [0.25, 0.3) is 0 Å². The van der Waals surface area contributed by atoms with Gasteiger partial charge >= 0.3 is 6.03 Å². The van der Waals surface area contributed by atoms with Crippen LogP contribution in [-0.4, -0.2) is 17.1 Å². The van der Waals surface area contributed by atoms with E-state index in [-0.39, 0.29) is 12.1 Å². The fourth-order valence-corrected chi connectivity index (χ4v) is 2.56. The molecule has 0 unspecified atom stereocenters. The summed E-state index contributed by atoms with van der Waals surface area (Å²) in [5, 5.41) is 6.63. The Kier molecular flexibility index (Phi) is 5.63. The number of urea groups is 1. The van der Waals surface area contributed by atoms with Gasteiger partial charge in [0.25, 0.3) is 0 Å². The van der Waals surface area contributed by atoms with Crippen LogP contribution in [0.2, 0.25) is 0 Å². The molecule has 5 heteroatoms. The number of pyridine rings is 1. The summed E-state index contributed by atoms with van der Waals surface area (Å²) in [4.78, 5) is 16.0. The maximum atomic E-state index is 11.7. The number of carbonyl (C=O) groups is 1. The molecule has 4 nitrogen and oxygen atoms in total. The van der Waals surface area contributed by atoms with Crippen molar-refractivity contribution in [2.45, 2.75) is 30.7 Å². The third kappa shape index (κ3) is 5.47. The number of carbonyl (C=O) groups excluding carboxylic acids is 1. The maximum absolute atomic E-state index is 11.7. The lowest BCUT2D eigenvalue weighted by atomic mass is 10.2. The van der Waals surface area contributed by atoms with Crippen LogP contribution in [-0.2, 0) is 5.75 Å². The lowest BCUT2D eigenvalue weighted by Gasteiger charge is -2.11. The van der Waals surface area contributed by atoms with Crippen molar-refractivity contribution in [3.63, 3.8) is 0 Å². The Morgan fingerprint density at radius 3 is 2.81 bits per heavy atom. The van der Waals surface area contributed by atoms with E-state index >= 15 is 0 Å². The van der Waals surface area contributed by atoms with E-state index in [1.54, 1.807) is 18.0 Å². The molecule has 0 atom stereocenters. The van der Waals surface area contributed by atoms with Gasteiger partial charge in [-0.25, -0.2) is 9.78 Å². The van der Waals surface area contributed by atoms with Gasteiger partial charge in [0.15, 0.2) is 0 Å². The summed E-state index contributed by atoms with van der Waals surface area (Å²) in [5.74, 6) is 0.818. The average Bonchev–Trinajstić information content (AvgIpc) is 2.46. The number of benzene rings is 1. The van der Waals surface area contributed by atoms with Crippen LogP contribution >= 0.6 is 11.8 Å². The van der Waals surface area contributed by atoms with E-state index in [1.807, 2.05) is 56.3 Å². The lowest BCUT2D eigenvalue weighted by Crippen LogP contribution is -2.34. The fourth-order valence-electron chi connectivity index (χ4n) is 1.76. The molecule has 1 aromatic carbocycles. The molecular weight excluding hydrogens is 282 g/mol. The summed E-state index contributed by atoms with van der Waals surface area (Å²) >= 11 is 1.67. The van der Waals surface area contributed by atoms with Crippen molar-refractivity contribution in [2.24, 2.45) is 0 Å². The summed E-state index contributed by atoms with van der Waals surface area (Å²) in [5.41, 5.74) is 1.94. The first-order valence-corrected chi connectivity index (χ1v) is 7.82. The minimum atomic E-state index is -0.181. The number of amides is 2. The van der Waals surface area contributed by atoms with Crippen LogP contribution in [0, 0.1) is 0 Å². The summed E-state index contributed by atoms with van der Waals surface area (Å²) in [6.45, 7) is 3.86. The first-order valence-electron chi connectivity index (χ1n) is 6.84. The standard InChI is InChI=1S/C16H19N3OS/c1-12(2)18-16(20)19-14-7-5-6-13(10-14)11-21-15-8-3-4-9-17-15/h3-10,12H,11H2,1-2H3,(H2,18,19,20). The van der Waals surface area contributed by atoms with Gasteiger partial charge in [0.05, 0.1) is 5.03 Å². The average molecular weight is 301 g/mol. The van der Waals surface area contributed by atoms with E-state index in [0.29, 0.717) is 0 Å². The number of hydrogen-bond donors (Lipinski definition) is 2. The number of anilines is 1. The molecule has 110 valence electrons. The number of rotatable bonds is 5. The zero-order valence-corrected chi connectivity index (χ0v) is 13.0. The van der Waals surface area contributed by atoms with Crippen LogP contribution in [0.5, 0.6) is 0 Å².